The normalized spacial score (nSPS) is 19.9. The SMILES string of the molecule is CC1CCN([C@@H](C)CS(=O)(=O)c2ccc(Cl)cc2)CC1. The lowest BCUT2D eigenvalue weighted by atomic mass is 9.98. The molecule has 1 heterocycles. The van der Waals surface area contributed by atoms with Crippen LogP contribution in [0.15, 0.2) is 29.2 Å². The second-order valence-electron chi connectivity index (χ2n) is 5.80. The van der Waals surface area contributed by atoms with Crippen LogP contribution in [-0.2, 0) is 9.84 Å². The molecule has 0 aliphatic carbocycles. The maximum Gasteiger partial charge on any atom is 0.179 e. The zero-order valence-corrected chi connectivity index (χ0v) is 13.6. The van der Waals surface area contributed by atoms with Crippen molar-refractivity contribution in [2.45, 2.75) is 37.6 Å². The fraction of sp³-hybridized carbons (Fsp3) is 0.600. The van der Waals surface area contributed by atoms with Crippen LogP contribution in [0.25, 0.3) is 0 Å². The van der Waals surface area contributed by atoms with Crippen LogP contribution >= 0.6 is 11.6 Å². The molecule has 1 atom stereocenters. The Balaban J connectivity index is 2.02. The van der Waals surface area contributed by atoms with Gasteiger partial charge in [0.25, 0.3) is 0 Å². The van der Waals surface area contributed by atoms with Crippen molar-refractivity contribution in [3.8, 4) is 0 Å². The van der Waals surface area contributed by atoms with E-state index in [1.807, 2.05) is 6.92 Å². The van der Waals surface area contributed by atoms with Crippen molar-refractivity contribution in [1.29, 1.82) is 0 Å². The van der Waals surface area contributed by atoms with Gasteiger partial charge in [-0.3, -0.25) is 4.90 Å². The minimum absolute atomic E-state index is 0.0585. The summed E-state index contributed by atoms with van der Waals surface area (Å²) in [6.45, 7) is 6.26. The summed E-state index contributed by atoms with van der Waals surface area (Å²) in [5.74, 6) is 0.926. The molecule has 0 saturated carbocycles. The summed E-state index contributed by atoms with van der Waals surface area (Å²) in [7, 11) is -3.24. The molecule has 2 rings (SSSR count). The summed E-state index contributed by atoms with van der Waals surface area (Å²) >= 11 is 5.80. The first-order valence-corrected chi connectivity index (χ1v) is 9.14. The second-order valence-corrected chi connectivity index (χ2v) is 8.27. The average Bonchev–Trinajstić information content (AvgIpc) is 2.39. The zero-order chi connectivity index (χ0) is 14.8. The molecule has 20 heavy (non-hydrogen) atoms. The predicted molar refractivity (Wildman–Crippen MR) is 82.9 cm³/mol. The molecule has 1 saturated heterocycles. The third-order valence-corrected chi connectivity index (χ3v) is 6.24. The van der Waals surface area contributed by atoms with Gasteiger partial charge in [-0.2, -0.15) is 0 Å². The van der Waals surface area contributed by atoms with E-state index < -0.39 is 9.84 Å². The summed E-state index contributed by atoms with van der Waals surface area (Å²) in [5, 5.41) is 0.557. The molecule has 0 N–H and O–H groups in total. The molecule has 112 valence electrons. The van der Waals surface area contributed by atoms with Crippen molar-refractivity contribution >= 4 is 21.4 Å². The van der Waals surface area contributed by atoms with E-state index in [-0.39, 0.29) is 11.8 Å². The van der Waals surface area contributed by atoms with Gasteiger partial charge in [-0.1, -0.05) is 18.5 Å². The zero-order valence-electron chi connectivity index (χ0n) is 12.0. The van der Waals surface area contributed by atoms with Crippen molar-refractivity contribution in [3.63, 3.8) is 0 Å². The molecule has 0 amide bonds. The monoisotopic (exact) mass is 315 g/mol. The summed E-state index contributed by atoms with van der Waals surface area (Å²) in [6, 6.07) is 6.48. The Bertz CT molecular complexity index is 533. The maximum absolute atomic E-state index is 12.4. The van der Waals surface area contributed by atoms with Gasteiger partial charge in [-0.25, -0.2) is 8.42 Å². The van der Waals surface area contributed by atoms with Crippen molar-refractivity contribution in [3.05, 3.63) is 29.3 Å². The average molecular weight is 316 g/mol. The largest absolute Gasteiger partial charge is 0.300 e. The summed E-state index contributed by atoms with van der Waals surface area (Å²) in [4.78, 5) is 2.65. The summed E-state index contributed by atoms with van der Waals surface area (Å²) < 4.78 is 24.8. The van der Waals surface area contributed by atoms with Gasteiger partial charge in [-0.05, 0) is 63.0 Å². The molecule has 5 heteroatoms. The van der Waals surface area contributed by atoms with E-state index in [0.717, 1.165) is 31.8 Å². The van der Waals surface area contributed by atoms with Crippen LogP contribution in [0.5, 0.6) is 0 Å². The smallest absolute Gasteiger partial charge is 0.179 e. The number of hydrogen-bond acceptors (Lipinski definition) is 3. The topological polar surface area (TPSA) is 37.4 Å². The highest BCUT2D eigenvalue weighted by molar-refractivity contribution is 7.91. The lowest BCUT2D eigenvalue weighted by Crippen LogP contribution is -2.42. The molecular formula is C15H22ClNO2S. The number of benzene rings is 1. The molecular weight excluding hydrogens is 294 g/mol. The first-order valence-electron chi connectivity index (χ1n) is 7.11. The fourth-order valence-corrected chi connectivity index (χ4v) is 4.35. The first kappa shape index (κ1) is 15.8. The number of sulfone groups is 1. The predicted octanol–water partition coefficient (Wildman–Crippen LogP) is 3.23. The Morgan fingerprint density at radius 3 is 2.35 bits per heavy atom. The van der Waals surface area contributed by atoms with E-state index in [1.165, 1.54) is 0 Å². The molecule has 0 unspecified atom stereocenters. The van der Waals surface area contributed by atoms with E-state index in [0.29, 0.717) is 9.92 Å². The molecule has 0 radical (unpaired) electrons. The third-order valence-electron chi connectivity index (χ3n) is 4.07. The molecule has 1 fully saturated rings. The Hall–Kier alpha value is -0.580. The number of nitrogens with zero attached hydrogens (tertiary/aromatic N) is 1. The van der Waals surface area contributed by atoms with Crippen molar-refractivity contribution < 1.29 is 8.42 Å². The Morgan fingerprint density at radius 1 is 1.25 bits per heavy atom. The quantitative estimate of drug-likeness (QED) is 0.856. The fourth-order valence-electron chi connectivity index (χ4n) is 2.63. The number of hydrogen-bond donors (Lipinski definition) is 0. The summed E-state index contributed by atoms with van der Waals surface area (Å²) in [5.41, 5.74) is 0. The number of halogens is 1. The lowest BCUT2D eigenvalue weighted by Gasteiger charge is -2.34. The van der Waals surface area contributed by atoms with Gasteiger partial charge >= 0.3 is 0 Å². The Kier molecular flexibility index (Phi) is 5.10. The second kappa shape index (κ2) is 6.46. The van der Waals surface area contributed by atoms with Crippen molar-refractivity contribution in [2.24, 2.45) is 5.92 Å². The summed E-state index contributed by atoms with van der Waals surface area (Å²) in [6.07, 6.45) is 2.32. The van der Waals surface area contributed by atoms with Gasteiger partial charge in [0, 0.05) is 11.1 Å². The lowest BCUT2D eigenvalue weighted by molar-refractivity contribution is 0.157. The van der Waals surface area contributed by atoms with E-state index in [9.17, 15) is 8.42 Å². The van der Waals surface area contributed by atoms with Gasteiger partial charge in [-0.15, -0.1) is 0 Å². The van der Waals surface area contributed by atoms with E-state index >= 15 is 0 Å². The van der Waals surface area contributed by atoms with Crippen LogP contribution in [0.4, 0.5) is 0 Å². The van der Waals surface area contributed by atoms with E-state index in [1.54, 1.807) is 24.3 Å². The standard InChI is InChI=1S/C15H22ClNO2S/c1-12-7-9-17(10-8-12)13(2)11-20(18,19)15-5-3-14(16)4-6-15/h3-6,12-13H,7-11H2,1-2H3/t13-/m0/s1. The van der Waals surface area contributed by atoms with Crippen LogP contribution in [0.3, 0.4) is 0 Å². The van der Waals surface area contributed by atoms with Crippen molar-refractivity contribution in [1.82, 2.24) is 4.90 Å². The first-order chi connectivity index (χ1) is 9.38. The molecule has 0 bridgehead atoms. The van der Waals surface area contributed by atoms with Gasteiger partial charge in [0.1, 0.15) is 0 Å². The molecule has 3 nitrogen and oxygen atoms in total. The number of piperidine rings is 1. The minimum Gasteiger partial charge on any atom is -0.300 e. The Labute approximate surface area is 126 Å². The van der Waals surface area contributed by atoms with Crippen LogP contribution in [-0.4, -0.2) is 38.2 Å². The highest BCUT2D eigenvalue weighted by atomic mass is 35.5. The molecule has 0 spiro atoms. The van der Waals surface area contributed by atoms with Crippen LogP contribution < -0.4 is 0 Å². The van der Waals surface area contributed by atoms with Crippen LogP contribution in [0, 0.1) is 5.92 Å². The van der Waals surface area contributed by atoms with Crippen LogP contribution in [0.2, 0.25) is 5.02 Å². The van der Waals surface area contributed by atoms with E-state index in [2.05, 4.69) is 11.8 Å². The van der Waals surface area contributed by atoms with Gasteiger partial charge in [0.15, 0.2) is 9.84 Å². The van der Waals surface area contributed by atoms with E-state index in [4.69, 9.17) is 11.6 Å². The maximum atomic E-state index is 12.4. The Morgan fingerprint density at radius 2 is 1.80 bits per heavy atom. The molecule has 1 aromatic carbocycles. The van der Waals surface area contributed by atoms with Gasteiger partial charge in [0.2, 0.25) is 0 Å². The van der Waals surface area contributed by atoms with Crippen LogP contribution in [0.1, 0.15) is 26.7 Å². The number of rotatable bonds is 4. The molecule has 1 aliphatic heterocycles. The minimum atomic E-state index is -3.24. The molecule has 1 aromatic rings. The highest BCUT2D eigenvalue weighted by Crippen LogP contribution is 2.21. The van der Waals surface area contributed by atoms with Gasteiger partial charge in [0.05, 0.1) is 10.6 Å². The molecule has 0 aromatic heterocycles. The van der Waals surface area contributed by atoms with Gasteiger partial charge < -0.3 is 0 Å². The highest BCUT2D eigenvalue weighted by Gasteiger charge is 2.25. The molecule has 1 aliphatic rings. The number of likely N-dealkylation sites (tertiary alicyclic amines) is 1. The third kappa shape index (κ3) is 3.96. The van der Waals surface area contributed by atoms with Crippen molar-refractivity contribution in [2.75, 3.05) is 18.8 Å².